The van der Waals surface area contributed by atoms with E-state index in [9.17, 15) is 9.59 Å². The summed E-state index contributed by atoms with van der Waals surface area (Å²) < 4.78 is 0. The predicted octanol–water partition coefficient (Wildman–Crippen LogP) is 6.60. The van der Waals surface area contributed by atoms with E-state index in [1.165, 1.54) is 16.7 Å². The van der Waals surface area contributed by atoms with Gasteiger partial charge in [-0.05, 0) is 80.6 Å². The molecule has 1 rings (SSSR count). The van der Waals surface area contributed by atoms with Crippen molar-refractivity contribution in [3.05, 3.63) is 57.2 Å². The molecule has 0 aliphatic heterocycles. The van der Waals surface area contributed by atoms with Gasteiger partial charge in [-0.15, -0.1) is 0 Å². The Bertz CT molecular complexity index is 717. The Morgan fingerprint density at radius 1 is 0.692 bits per heavy atom. The maximum atomic E-state index is 12.4. The molecule has 0 heterocycles. The fraction of sp³-hybridized carbons (Fsp3) is 0.500. The normalized spacial score (nSPS) is 16.6. The van der Waals surface area contributed by atoms with Gasteiger partial charge in [0.05, 0.1) is 0 Å². The molecule has 2 heteroatoms. The van der Waals surface area contributed by atoms with Gasteiger partial charge in [-0.3, -0.25) is 9.59 Å². The van der Waals surface area contributed by atoms with Crippen molar-refractivity contribution in [1.29, 1.82) is 0 Å². The Balaban J connectivity index is 2.60. The number of carbonyl (C=O) groups excluding carboxylic acids is 2. The second-order valence-corrected chi connectivity index (χ2v) is 7.68. The molecular formula is C24H34O2. The SMILES string of the molecule is CC(C)=CCC/C(C)=C/CCC(C)=CCC1=C(C)C(=O)C(C)=C(C)C1=O. The van der Waals surface area contributed by atoms with Gasteiger partial charge in [-0.25, -0.2) is 0 Å². The highest BCUT2D eigenvalue weighted by molar-refractivity contribution is 6.24. The average Bonchev–Trinajstić information content (AvgIpc) is 2.58. The lowest BCUT2D eigenvalue weighted by Crippen LogP contribution is -2.20. The van der Waals surface area contributed by atoms with E-state index in [4.69, 9.17) is 0 Å². The standard InChI is InChI=1S/C24H34O2/c1-16(2)10-8-11-17(3)12-9-13-18(4)14-15-22-21(7)23(25)19(5)20(6)24(22)26/h10,12,14H,8-9,11,13,15H2,1-7H3/b17-12+,18-14?. The van der Waals surface area contributed by atoms with E-state index in [1.807, 2.05) is 0 Å². The number of ketones is 2. The maximum absolute atomic E-state index is 12.4. The van der Waals surface area contributed by atoms with Crippen LogP contribution in [0.5, 0.6) is 0 Å². The van der Waals surface area contributed by atoms with Crippen LogP contribution in [0, 0.1) is 0 Å². The van der Waals surface area contributed by atoms with Gasteiger partial charge in [0.15, 0.2) is 11.6 Å². The van der Waals surface area contributed by atoms with E-state index in [0.29, 0.717) is 28.7 Å². The molecule has 0 aromatic carbocycles. The third kappa shape index (κ3) is 6.40. The summed E-state index contributed by atoms with van der Waals surface area (Å²) in [6.07, 6.45) is 11.5. The molecule has 142 valence electrons. The molecule has 0 aromatic rings. The molecular weight excluding hydrogens is 320 g/mol. The minimum absolute atomic E-state index is 0.0121. The number of carbonyl (C=O) groups is 2. The molecule has 0 fully saturated rings. The number of rotatable bonds is 8. The lowest BCUT2D eigenvalue weighted by Gasteiger charge is -2.17. The van der Waals surface area contributed by atoms with Crippen LogP contribution < -0.4 is 0 Å². The highest BCUT2D eigenvalue weighted by Gasteiger charge is 2.26. The van der Waals surface area contributed by atoms with E-state index in [0.717, 1.165) is 25.7 Å². The third-order valence-electron chi connectivity index (χ3n) is 5.09. The summed E-state index contributed by atoms with van der Waals surface area (Å²) in [4.78, 5) is 24.7. The maximum Gasteiger partial charge on any atom is 0.185 e. The third-order valence-corrected chi connectivity index (χ3v) is 5.09. The largest absolute Gasteiger partial charge is 0.289 e. The molecule has 1 aliphatic carbocycles. The van der Waals surface area contributed by atoms with Crippen LogP contribution in [0.4, 0.5) is 0 Å². The molecule has 26 heavy (non-hydrogen) atoms. The fourth-order valence-electron chi connectivity index (χ4n) is 3.02. The Hall–Kier alpha value is -1.96. The molecule has 0 spiro atoms. The molecule has 0 unspecified atom stereocenters. The minimum atomic E-state index is 0.0121. The summed E-state index contributed by atoms with van der Waals surface area (Å²) in [6, 6.07) is 0. The summed E-state index contributed by atoms with van der Waals surface area (Å²) in [6.45, 7) is 13.8. The zero-order valence-corrected chi connectivity index (χ0v) is 17.6. The van der Waals surface area contributed by atoms with Crippen LogP contribution in [0.15, 0.2) is 57.2 Å². The monoisotopic (exact) mass is 354 g/mol. The van der Waals surface area contributed by atoms with Crippen molar-refractivity contribution in [3.8, 4) is 0 Å². The first-order chi connectivity index (χ1) is 12.1. The van der Waals surface area contributed by atoms with Crippen molar-refractivity contribution < 1.29 is 9.59 Å². The number of allylic oxidation sites excluding steroid dienone is 10. The van der Waals surface area contributed by atoms with Gasteiger partial charge >= 0.3 is 0 Å². The molecule has 0 atom stereocenters. The minimum Gasteiger partial charge on any atom is -0.289 e. The quantitative estimate of drug-likeness (QED) is 0.363. The van der Waals surface area contributed by atoms with Crippen LogP contribution in [-0.4, -0.2) is 11.6 Å². The molecule has 0 saturated carbocycles. The van der Waals surface area contributed by atoms with Gasteiger partial charge in [0.1, 0.15) is 0 Å². The smallest absolute Gasteiger partial charge is 0.185 e. The Kier molecular flexibility index (Phi) is 8.71. The Labute approximate surface area is 159 Å². The van der Waals surface area contributed by atoms with Gasteiger partial charge in [0.2, 0.25) is 0 Å². The molecule has 0 aromatic heterocycles. The first kappa shape index (κ1) is 22.1. The second kappa shape index (κ2) is 10.3. The topological polar surface area (TPSA) is 34.1 Å². The van der Waals surface area contributed by atoms with E-state index in [2.05, 4.69) is 45.9 Å². The molecule has 1 aliphatic rings. The van der Waals surface area contributed by atoms with Crippen molar-refractivity contribution in [2.45, 2.75) is 80.6 Å². The van der Waals surface area contributed by atoms with Crippen LogP contribution in [0.2, 0.25) is 0 Å². The second-order valence-electron chi connectivity index (χ2n) is 7.68. The lowest BCUT2D eigenvalue weighted by atomic mass is 9.84. The van der Waals surface area contributed by atoms with Crippen molar-refractivity contribution in [1.82, 2.24) is 0 Å². The van der Waals surface area contributed by atoms with Crippen molar-refractivity contribution >= 4 is 11.6 Å². The number of hydrogen-bond donors (Lipinski definition) is 0. The van der Waals surface area contributed by atoms with E-state index < -0.39 is 0 Å². The van der Waals surface area contributed by atoms with Crippen LogP contribution in [0.1, 0.15) is 80.6 Å². The van der Waals surface area contributed by atoms with Crippen molar-refractivity contribution in [3.63, 3.8) is 0 Å². The van der Waals surface area contributed by atoms with Crippen LogP contribution in [-0.2, 0) is 9.59 Å². The number of hydrogen-bond acceptors (Lipinski definition) is 2. The van der Waals surface area contributed by atoms with Gasteiger partial charge < -0.3 is 0 Å². The van der Waals surface area contributed by atoms with Crippen molar-refractivity contribution in [2.24, 2.45) is 0 Å². The van der Waals surface area contributed by atoms with Gasteiger partial charge in [-0.2, -0.15) is 0 Å². The van der Waals surface area contributed by atoms with Crippen LogP contribution in [0.3, 0.4) is 0 Å². The van der Waals surface area contributed by atoms with E-state index in [1.54, 1.807) is 20.8 Å². The van der Waals surface area contributed by atoms with Crippen LogP contribution in [0.25, 0.3) is 0 Å². The molecule has 0 saturated heterocycles. The summed E-state index contributed by atoms with van der Waals surface area (Å²) >= 11 is 0. The zero-order chi connectivity index (χ0) is 19.9. The Morgan fingerprint density at radius 2 is 1.19 bits per heavy atom. The van der Waals surface area contributed by atoms with Crippen LogP contribution >= 0.6 is 0 Å². The molecule has 0 N–H and O–H groups in total. The lowest BCUT2D eigenvalue weighted by molar-refractivity contribution is -0.116. The first-order valence-corrected chi connectivity index (χ1v) is 9.56. The summed E-state index contributed by atoms with van der Waals surface area (Å²) in [7, 11) is 0. The van der Waals surface area contributed by atoms with E-state index >= 15 is 0 Å². The zero-order valence-electron chi connectivity index (χ0n) is 17.6. The van der Waals surface area contributed by atoms with Gasteiger partial charge in [0, 0.05) is 22.3 Å². The van der Waals surface area contributed by atoms with Gasteiger partial charge in [0.25, 0.3) is 0 Å². The average molecular weight is 355 g/mol. The predicted molar refractivity (Wildman–Crippen MR) is 111 cm³/mol. The summed E-state index contributed by atoms with van der Waals surface area (Å²) in [5.74, 6) is 0.0386. The fourth-order valence-corrected chi connectivity index (χ4v) is 3.02. The first-order valence-electron chi connectivity index (χ1n) is 9.56. The highest BCUT2D eigenvalue weighted by Crippen LogP contribution is 2.27. The van der Waals surface area contributed by atoms with Gasteiger partial charge in [-0.1, -0.05) is 34.9 Å². The summed E-state index contributed by atoms with van der Waals surface area (Å²) in [5, 5.41) is 0. The molecule has 0 amide bonds. The Morgan fingerprint density at radius 3 is 1.77 bits per heavy atom. The number of Topliss-reactive ketones (excluding diaryl/α,β-unsaturated/α-hetero) is 2. The summed E-state index contributed by atoms with van der Waals surface area (Å²) in [5.41, 5.74) is 6.52. The molecule has 2 nitrogen and oxygen atoms in total. The highest BCUT2D eigenvalue weighted by atomic mass is 16.1. The van der Waals surface area contributed by atoms with E-state index in [-0.39, 0.29) is 11.6 Å². The molecule has 0 bridgehead atoms. The molecule has 0 radical (unpaired) electrons. The van der Waals surface area contributed by atoms with Crippen molar-refractivity contribution in [2.75, 3.05) is 0 Å².